The van der Waals surface area contributed by atoms with Crippen molar-refractivity contribution in [1.82, 2.24) is 0 Å². The Kier molecular flexibility index (Phi) is 1.74. The van der Waals surface area contributed by atoms with Gasteiger partial charge in [0.1, 0.15) is 0 Å². The Morgan fingerprint density at radius 3 is 2.50 bits per heavy atom. The zero-order valence-electron chi connectivity index (χ0n) is 7.97. The van der Waals surface area contributed by atoms with E-state index in [1.807, 2.05) is 0 Å². The second kappa shape index (κ2) is 2.46. The molecule has 12 heavy (non-hydrogen) atoms. The Morgan fingerprint density at radius 1 is 1.33 bits per heavy atom. The van der Waals surface area contributed by atoms with Gasteiger partial charge in [0.15, 0.2) is 0 Å². The largest absolute Gasteiger partial charge is 0.389 e. The summed E-state index contributed by atoms with van der Waals surface area (Å²) in [7, 11) is 0. The topological polar surface area (TPSA) is 29.5 Å². The molecule has 1 aliphatic heterocycles. The van der Waals surface area contributed by atoms with Crippen LogP contribution < -0.4 is 0 Å². The second-order valence-electron chi connectivity index (χ2n) is 4.91. The molecule has 1 saturated heterocycles. The Balaban J connectivity index is 2.06. The maximum absolute atomic E-state index is 10.3. The van der Waals surface area contributed by atoms with Crippen LogP contribution in [0.1, 0.15) is 39.5 Å². The quantitative estimate of drug-likeness (QED) is 0.649. The van der Waals surface area contributed by atoms with Crippen LogP contribution in [0.3, 0.4) is 0 Å². The van der Waals surface area contributed by atoms with Crippen LogP contribution in [-0.4, -0.2) is 22.9 Å². The molecule has 2 nitrogen and oxygen atoms in total. The van der Waals surface area contributed by atoms with E-state index in [0.29, 0.717) is 5.92 Å². The molecule has 2 fully saturated rings. The van der Waals surface area contributed by atoms with Crippen LogP contribution in [0.4, 0.5) is 0 Å². The first kappa shape index (κ1) is 8.52. The molecule has 0 amide bonds. The molecule has 0 aromatic rings. The molecule has 0 bridgehead atoms. The number of hydrogen-bond donors (Lipinski definition) is 1. The van der Waals surface area contributed by atoms with Gasteiger partial charge in [-0.2, -0.15) is 0 Å². The summed E-state index contributed by atoms with van der Waals surface area (Å²) in [5.41, 5.74) is -0.517. The lowest BCUT2D eigenvalue weighted by Crippen LogP contribution is -2.47. The minimum Gasteiger partial charge on any atom is -0.389 e. The highest BCUT2D eigenvalue weighted by atomic mass is 16.5. The molecule has 0 spiro atoms. The maximum Gasteiger partial charge on any atom is 0.0724 e. The van der Waals surface area contributed by atoms with Crippen molar-refractivity contribution in [2.75, 3.05) is 6.61 Å². The van der Waals surface area contributed by atoms with Gasteiger partial charge in [-0.15, -0.1) is 0 Å². The van der Waals surface area contributed by atoms with Gasteiger partial charge in [0.25, 0.3) is 0 Å². The summed E-state index contributed by atoms with van der Waals surface area (Å²) in [4.78, 5) is 0. The van der Waals surface area contributed by atoms with E-state index in [-0.39, 0.29) is 5.60 Å². The molecule has 1 aliphatic carbocycles. The van der Waals surface area contributed by atoms with Gasteiger partial charge in [0, 0.05) is 6.42 Å². The Morgan fingerprint density at radius 2 is 2.00 bits per heavy atom. The highest BCUT2D eigenvalue weighted by Gasteiger charge is 2.48. The van der Waals surface area contributed by atoms with Crippen molar-refractivity contribution in [2.24, 2.45) is 5.92 Å². The lowest BCUT2D eigenvalue weighted by atomic mass is 9.81. The fourth-order valence-corrected chi connectivity index (χ4v) is 2.35. The van der Waals surface area contributed by atoms with Crippen LogP contribution in [0.15, 0.2) is 0 Å². The number of ether oxygens (including phenoxy) is 1. The van der Waals surface area contributed by atoms with E-state index in [1.54, 1.807) is 0 Å². The molecule has 2 aliphatic rings. The fourth-order valence-electron chi connectivity index (χ4n) is 2.35. The molecule has 1 saturated carbocycles. The van der Waals surface area contributed by atoms with Crippen molar-refractivity contribution in [3.8, 4) is 0 Å². The van der Waals surface area contributed by atoms with E-state index < -0.39 is 5.60 Å². The average molecular weight is 170 g/mol. The minimum atomic E-state index is -0.401. The van der Waals surface area contributed by atoms with Gasteiger partial charge in [-0.1, -0.05) is 0 Å². The lowest BCUT2D eigenvalue weighted by Gasteiger charge is -2.41. The van der Waals surface area contributed by atoms with Crippen molar-refractivity contribution < 1.29 is 9.84 Å². The molecule has 0 radical (unpaired) electrons. The maximum atomic E-state index is 10.3. The monoisotopic (exact) mass is 170 g/mol. The molecule has 1 atom stereocenters. The third-order valence-corrected chi connectivity index (χ3v) is 3.10. The molecule has 2 rings (SSSR count). The molecule has 1 heterocycles. The Hall–Kier alpha value is -0.0800. The van der Waals surface area contributed by atoms with Gasteiger partial charge in [0.2, 0.25) is 0 Å². The van der Waals surface area contributed by atoms with E-state index in [9.17, 15) is 5.11 Å². The van der Waals surface area contributed by atoms with E-state index >= 15 is 0 Å². The minimum absolute atomic E-state index is 0.115. The zero-order chi connectivity index (χ0) is 8.82. The van der Waals surface area contributed by atoms with Crippen LogP contribution in [0.5, 0.6) is 0 Å². The van der Waals surface area contributed by atoms with E-state index in [2.05, 4.69) is 13.8 Å². The summed E-state index contributed by atoms with van der Waals surface area (Å²) < 4.78 is 5.58. The summed E-state index contributed by atoms with van der Waals surface area (Å²) in [5.74, 6) is 0.570. The molecule has 70 valence electrons. The van der Waals surface area contributed by atoms with Crippen LogP contribution in [0.2, 0.25) is 0 Å². The molecular formula is C10H18O2. The van der Waals surface area contributed by atoms with Gasteiger partial charge in [-0.3, -0.25) is 0 Å². The van der Waals surface area contributed by atoms with Gasteiger partial charge in [0.05, 0.1) is 17.8 Å². The molecule has 0 aromatic carbocycles. The SMILES string of the molecule is CC1(C)CC(O)(C2CC2)CCO1. The molecule has 2 heteroatoms. The summed E-state index contributed by atoms with van der Waals surface area (Å²) in [5, 5.41) is 10.3. The van der Waals surface area contributed by atoms with E-state index in [1.165, 1.54) is 12.8 Å². The van der Waals surface area contributed by atoms with Crippen molar-refractivity contribution in [2.45, 2.75) is 50.7 Å². The summed E-state index contributed by atoms with van der Waals surface area (Å²) >= 11 is 0. The first-order chi connectivity index (χ1) is 5.52. The Labute approximate surface area is 73.9 Å². The number of hydrogen-bond acceptors (Lipinski definition) is 2. The number of rotatable bonds is 1. The highest BCUT2D eigenvalue weighted by molar-refractivity contribution is 5.00. The molecular weight excluding hydrogens is 152 g/mol. The van der Waals surface area contributed by atoms with Gasteiger partial charge in [-0.25, -0.2) is 0 Å². The third-order valence-electron chi connectivity index (χ3n) is 3.10. The van der Waals surface area contributed by atoms with Crippen molar-refractivity contribution in [3.05, 3.63) is 0 Å². The van der Waals surface area contributed by atoms with E-state index in [4.69, 9.17) is 4.74 Å². The first-order valence-electron chi connectivity index (χ1n) is 4.88. The predicted molar refractivity (Wildman–Crippen MR) is 46.9 cm³/mol. The van der Waals surface area contributed by atoms with Crippen molar-refractivity contribution in [3.63, 3.8) is 0 Å². The fraction of sp³-hybridized carbons (Fsp3) is 1.00. The average Bonchev–Trinajstić information content (AvgIpc) is 2.62. The zero-order valence-corrected chi connectivity index (χ0v) is 7.97. The smallest absolute Gasteiger partial charge is 0.0724 e. The van der Waals surface area contributed by atoms with E-state index in [0.717, 1.165) is 19.4 Å². The van der Waals surface area contributed by atoms with Crippen LogP contribution in [-0.2, 0) is 4.74 Å². The number of aliphatic hydroxyl groups is 1. The standard InChI is InChI=1S/C10H18O2/c1-9(2)7-10(11,5-6-12-9)8-3-4-8/h8,11H,3-7H2,1-2H3. The van der Waals surface area contributed by atoms with Gasteiger partial charge in [-0.05, 0) is 39.0 Å². The van der Waals surface area contributed by atoms with Crippen LogP contribution >= 0.6 is 0 Å². The first-order valence-corrected chi connectivity index (χ1v) is 4.88. The second-order valence-corrected chi connectivity index (χ2v) is 4.91. The highest BCUT2D eigenvalue weighted by Crippen LogP contribution is 2.47. The summed E-state index contributed by atoms with van der Waals surface area (Å²) in [6.45, 7) is 4.86. The van der Waals surface area contributed by atoms with Gasteiger partial charge >= 0.3 is 0 Å². The van der Waals surface area contributed by atoms with Crippen LogP contribution in [0, 0.1) is 5.92 Å². The predicted octanol–water partition coefficient (Wildman–Crippen LogP) is 1.72. The van der Waals surface area contributed by atoms with Crippen molar-refractivity contribution >= 4 is 0 Å². The van der Waals surface area contributed by atoms with Gasteiger partial charge < -0.3 is 9.84 Å². The summed E-state index contributed by atoms with van der Waals surface area (Å²) in [6, 6.07) is 0. The lowest BCUT2D eigenvalue weighted by molar-refractivity contribution is -0.152. The molecule has 1 N–H and O–H groups in total. The Bertz CT molecular complexity index is 184. The summed E-state index contributed by atoms with van der Waals surface area (Å²) in [6.07, 6.45) is 4.07. The molecule has 1 unspecified atom stereocenters. The van der Waals surface area contributed by atoms with Crippen molar-refractivity contribution in [1.29, 1.82) is 0 Å². The normalized spacial score (nSPS) is 41.2. The third kappa shape index (κ3) is 1.50. The van der Waals surface area contributed by atoms with Crippen LogP contribution in [0.25, 0.3) is 0 Å². The molecule has 0 aromatic heterocycles.